The van der Waals surface area contributed by atoms with Crippen LogP contribution in [0.3, 0.4) is 0 Å². The Morgan fingerprint density at radius 3 is 2.53 bits per heavy atom. The van der Waals surface area contributed by atoms with Gasteiger partial charge in [-0.15, -0.1) is 0 Å². The van der Waals surface area contributed by atoms with E-state index in [-0.39, 0.29) is 6.54 Å². The zero-order valence-corrected chi connectivity index (χ0v) is 10.1. The fourth-order valence-corrected chi connectivity index (χ4v) is 1.42. The third-order valence-corrected chi connectivity index (χ3v) is 2.56. The summed E-state index contributed by atoms with van der Waals surface area (Å²) in [6, 6.07) is 0. The van der Waals surface area contributed by atoms with E-state index >= 15 is 0 Å². The second-order valence-electron chi connectivity index (χ2n) is 3.91. The van der Waals surface area contributed by atoms with E-state index < -0.39 is 18.9 Å². The van der Waals surface area contributed by atoms with E-state index in [0.717, 1.165) is 4.90 Å². The van der Waals surface area contributed by atoms with Gasteiger partial charge in [-0.3, -0.25) is 9.48 Å². The van der Waals surface area contributed by atoms with E-state index in [1.807, 2.05) is 0 Å². The molecule has 1 aromatic heterocycles. The molecule has 0 aromatic carbocycles. The number of carbonyl (C=O) groups is 1. The molecular weight excluding hydrogens is 230 g/mol. The first-order valence-corrected chi connectivity index (χ1v) is 5.14. The lowest BCUT2D eigenvalue weighted by Gasteiger charge is -2.16. The number of alkyl halides is 2. The first-order chi connectivity index (χ1) is 7.82. The Balaban J connectivity index is 2.71. The summed E-state index contributed by atoms with van der Waals surface area (Å²) in [5, 5.41) is 4.07. The minimum Gasteiger partial charge on any atom is -0.396 e. The Kier molecular flexibility index (Phi) is 4.03. The lowest BCUT2D eigenvalue weighted by molar-refractivity contribution is -0.132. The highest BCUT2D eigenvalue weighted by atomic mass is 19.3. The summed E-state index contributed by atoms with van der Waals surface area (Å²) in [6.45, 7) is 2.81. The van der Waals surface area contributed by atoms with Crippen LogP contribution >= 0.6 is 0 Å². The van der Waals surface area contributed by atoms with Crippen LogP contribution in [0.2, 0.25) is 0 Å². The van der Waals surface area contributed by atoms with Crippen molar-refractivity contribution < 1.29 is 13.6 Å². The standard InChI is InChI=1S/C10H16F2N4O/c1-6-10(13)7(2)16(14-6)5-9(17)15(3)4-8(11)12/h8H,4-5,13H2,1-3H3. The molecule has 1 aromatic rings. The second kappa shape index (κ2) is 5.11. The summed E-state index contributed by atoms with van der Waals surface area (Å²) in [6.07, 6.45) is -2.53. The molecule has 0 radical (unpaired) electrons. The van der Waals surface area contributed by atoms with Crippen LogP contribution in [0.25, 0.3) is 0 Å². The van der Waals surface area contributed by atoms with Gasteiger partial charge in [-0.25, -0.2) is 8.78 Å². The lowest BCUT2D eigenvalue weighted by Crippen LogP contribution is -2.34. The molecule has 0 fully saturated rings. The van der Waals surface area contributed by atoms with Gasteiger partial charge in [-0.1, -0.05) is 0 Å². The van der Waals surface area contributed by atoms with Gasteiger partial charge in [0.25, 0.3) is 6.43 Å². The van der Waals surface area contributed by atoms with Crippen molar-refractivity contribution in [1.29, 1.82) is 0 Å². The second-order valence-corrected chi connectivity index (χ2v) is 3.91. The SMILES string of the molecule is Cc1nn(CC(=O)N(C)CC(F)F)c(C)c1N. The summed E-state index contributed by atoms with van der Waals surface area (Å²) in [4.78, 5) is 12.6. The maximum atomic E-state index is 12.1. The maximum Gasteiger partial charge on any atom is 0.255 e. The number of likely N-dealkylation sites (N-methyl/N-ethyl adjacent to an activating group) is 1. The Morgan fingerprint density at radius 2 is 2.12 bits per heavy atom. The number of halogens is 2. The first kappa shape index (κ1) is 13.4. The van der Waals surface area contributed by atoms with Crippen LogP contribution in [0.15, 0.2) is 0 Å². The van der Waals surface area contributed by atoms with E-state index in [2.05, 4.69) is 5.10 Å². The number of amides is 1. The van der Waals surface area contributed by atoms with Gasteiger partial charge in [0.1, 0.15) is 6.54 Å². The number of anilines is 1. The van der Waals surface area contributed by atoms with Gasteiger partial charge in [0.2, 0.25) is 5.91 Å². The molecular formula is C10H16F2N4O. The average Bonchev–Trinajstić information content (AvgIpc) is 2.45. The van der Waals surface area contributed by atoms with Crippen LogP contribution in [-0.2, 0) is 11.3 Å². The number of hydrogen-bond acceptors (Lipinski definition) is 3. The highest BCUT2D eigenvalue weighted by Gasteiger charge is 2.17. The van der Waals surface area contributed by atoms with Gasteiger partial charge >= 0.3 is 0 Å². The lowest BCUT2D eigenvalue weighted by atomic mass is 10.3. The number of hydrogen-bond donors (Lipinski definition) is 1. The number of aryl methyl sites for hydroxylation is 1. The predicted molar refractivity (Wildman–Crippen MR) is 59.8 cm³/mol. The highest BCUT2D eigenvalue weighted by Crippen LogP contribution is 2.14. The molecule has 0 saturated carbocycles. The minimum absolute atomic E-state index is 0.0763. The summed E-state index contributed by atoms with van der Waals surface area (Å²) < 4.78 is 25.6. The molecule has 7 heteroatoms. The van der Waals surface area contributed by atoms with E-state index in [9.17, 15) is 13.6 Å². The number of carbonyl (C=O) groups excluding carboxylic acids is 1. The average molecular weight is 246 g/mol. The van der Waals surface area contributed by atoms with Crippen molar-refractivity contribution in [2.75, 3.05) is 19.3 Å². The molecule has 1 heterocycles. The Labute approximate surface area is 98.2 Å². The maximum absolute atomic E-state index is 12.1. The van der Waals surface area contributed by atoms with E-state index in [1.165, 1.54) is 11.7 Å². The largest absolute Gasteiger partial charge is 0.396 e. The highest BCUT2D eigenvalue weighted by molar-refractivity contribution is 5.75. The number of nitrogens with two attached hydrogens (primary N) is 1. The summed E-state index contributed by atoms with van der Waals surface area (Å²) in [7, 11) is 1.34. The molecule has 2 N–H and O–H groups in total. The molecule has 0 saturated heterocycles. The van der Waals surface area contributed by atoms with E-state index in [4.69, 9.17) is 5.73 Å². The zero-order valence-electron chi connectivity index (χ0n) is 10.1. The van der Waals surface area contributed by atoms with Crippen LogP contribution in [0.1, 0.15) is 11.4 Å². The molecule has 0 aliphatic carbocycles. The Bertz CT molecular complexity index is 417. The monoisotopic (exact) mass is 246 g/mol. The third kappa shape index (κ3) is 3.15. The van der Waals surface area contributed by atoms with Crippen molar-refractivity contribution in [2.45, 2.75) is 26.8 Å². The summed E-state index contributed by atoms with van der Waals surface area (Å²) >= 11 is 0. The third-order valence-electron chi connectivity index (χ3n) is 2.56. The Hall–Kier alpha value is -1.66. The molecule has 0 aliphatic rings. The first-order valence-electron chi connectivity index (χ1n) is 5.14. The quantitative estimate of drug-likeness (QED) is 0.854. The molecule has 1 rings (SSSR count). The number of nitrogens with zero attached hydrogens (tertiary/aromatic N) is 3. The normalized spacial score (nSPS) is 10.9. The van der Waals surface area contributed by atoms with Crippen molar-refractivity contribution in [2.24, 2.45) is 0 Å². The number of rotatable bonds is 4. The molecule has 17 heavy (non-hydrogen) atoms. The van der Waals surface area contributed by atoms with Gasteiger partial charge < -0.3 is 10.6 Å². The molecule has 1 amide bonds. The molecule has 0 atom stereocenters. The fraction of sp³-hybridized carbons (Fsp3) is 0.600. The van der Waals surface area contributed by atoms with Crippen LogP contribution in [0.4, 0.5) is 14.5 Å². The topological polar surface area (TPSA) is 64.2 Å². The minimum atomic E-state index is -2.53. The molecule has 5 nitrogen and oxygen atoms in total. The summed E-state index contributed by atoms with van der Waals surface area (Å²) in [5.74, 6) is -0.420. The van der Waals surface area contributed by atoms with Crippen LogP contribution in [0, 0.1) is 13.8 Å². The van der Waals surface area contributed by atoms with Crippen LogP contribution < -0.4 is 5.73 Å². The van der Waals surface area contributed by atoms with Crippen LogP contribution in [0.5, 0.6) is 0 Å². The van der Waals surface area contributed by atoms with Crippen LogP contribution in [-0.4, -0.2) is 40.6 Å². The molecule has 96 valence electrons. The summed E-state index contributed by atoms with van der Waals surface area (Å²) in [5.41, 5.74) is 7.53. The van der Waals surface area contributed by atoms with Crippen molar-refractivity contribution in [3.05, 3.63) is 11.4 Å². The Morgan fingerprint density at radius 1 is 1.53 bits per heavy atom. The van der Waals surface area contributed by atoms with Gasteiger partial charge in [-0.05, 0) is 13.8 Å². The number of nitrogen functional groups attached to an aromatic ring is 1. The molecule has 0 spiro atoms. The molecule has 0 unspecified atom stereocenters. The van der Waals surface area contributed by atoms with Crippen molar-refractivity contribution in [3.63, 3.8) is 0 Å². The fourth-order valence-electron chi connectivity index (χ4n) is 1.42. The van der Waals surface area contributed by atoms with E-state index in [0.29, 0.717) is 17.1 Å². The predicted octanol–water partition coefficient (Wildman–Crippen LogP) is 0.806. The van der Waals surface area contributed by atoms with Crippen molar-refractivity contribution >= 4 is 11.6 Å². The zero-order chi connectivity index (χ0) is 13.2. The van der Waals surface area contributed by atoms with Gasteiger partial charge in [0, 0.05) is 7.05 Å². The van der Waals surface area contributed by atoms with Gasteiger partial charge in [0.05, 0.1) is 23.6 Å². The van der Waals surface area contributed by atoms with Crippen molar-refractivity contribution in [3.8, 4) is 0 Å². The van der Waals surface area contributed by atoms with Gasteiger partial charge in [0.15, 0.2) is 0 Å². The molecule has 0 bridgehead atoms. The van der Waals surface area contributed by atoms with Crippen molar-refractivity contribution in [1.82, 2.24) is 14.7 Å². The van der Waals surface area contributed by atoms with E-state index in [1.54, 1.807) is 13.8 Å². The molecule has 0 aliphatic heterocycles. The number of aromatic nitrogens is 2. The smallest absolute Gasteiger partial charge is 0.255 e. The van der Waals surface area contributed by atoms with Gasteiger partial charge in [-0.2, -0.15) is 5.10 Å².